The molecule has 1 aromatic heterocycles. The number of aromatic nitrogens is 2. The second kappa shape index (κ2) is 8.65. The largest absolute Gasteiger partial charge is 0.486 e. The molecule has 9 nitrogen and oxygen atoms in total. The molecule has 0 N–H and O–H groups in total. The second-order valence-corrected chi connectivity index (χ2v) is 9.51. The van der Waals surface area contributed by atoms with Crippen LogP contribution in [0.3, 0.4) is 0 Å². The molecule has 2 aliphatic heterocycles. The molecule has 1 aromatic carbocycles. The van der Waals surface area contributed by atoms with Gasteiger partial charge in [0.25, 0.3) is 10.0 Å². The van der Waals surface area contributed by atoms with Crippen molar-refractivity contribution in [3.05, 3.63) is 36.8 Å². The maximum absolute atomic E-state index is 12.7. The molecule has 0 spiro atoms. The third-order valence-electron chi connectivity index (χ3n) is 5.32. The number of ether oxygens (including phenoxy) is 2. The highest BCUT2D eigenvalue weighted by atomic mass is 32.2. The van der Waals surface area contributed by atoms with Gasteiger partial charge in [0.2, 0.25) is 5.91 Å². The molecule has 1 saturated heterocycles. The van der Waals surface area contributed by atoms with Gasteiger partial charge in [-0.2, -0.15) is 4.31 Å². The summed E-state index contributed by atoms with van der Waals surface area (Å²) in [6, 6.07) is 7.42. The van der Waals surface area contributed by atoms with E-state index in [9.17, 15) is 13.2 Å². The van der Waals surface area contributed by atoms with Crippen LogP contribution in [0.25, 0.3) is 0 Å². The minimum atomic E-state index is -3.61. The topological polar surface area (TPSA) is 94.0 Å². The molecule has 1 fully saturated rings. The van der Waals surface area contributed by atoms with Crippen LogP contribution in [0.1, 0.15) is 19.3 Å². The van der Waals surface area contributed by atoms with Crippen LogP contribution in [0.4, 0.5) is 0 Å². The molecular weight excluding hydrogens is 408 g/mol. The molecule has 2 aromatic rings. The number of carbonyl (C=O) groups excluding carboxylic acids is 1. The summed E-state index contributed by atoms with van der Waals surface area (Å²) in [4.78, 5) is 18.2. The Hall–Kier alpha value is -2.59. The van der Waals surface area contributed by atoms with E-state index in [1.54, 1.807) is 11.9 Å². The number of piperidine rings is 1. The van der Waals surface area contributed by atoms with Gasteiger partial charge in [-0.1, -0.05) is 18.6 Å². The van der Waals surface area contributed by atoms with Crippen molar-refractivity contribution in [2.24, 2.45) is 0 Å². The van der Waals surface area contributed by atoms with E-state index in [1.165, 1.54) is 21.4 Å². The lowest BCUT2D eigenvalue weighted by atomic mass is 10.2. The molecule has 1 amide bonds. The molecule has 0 radical (unpaired) electrons. The summed E-state index contributed by atoms with van der Waals surface area (Å²) >= 11 is 0. The van der Waals surface area contributed by atoms with E-state index in [4.69, 9.17) is 9.47 Å². The molecule has 10 heteroatoms. The minimum Gasteiger partial charge on any atom is -0.486 e. The number of sulfonamides is 1. The molecule has 1 atom stereocenters. The smallest absolute Gasteiger partial charge is 0.262 e. The number of carbonyl (C=O) groups is 1. The van der Waals surface area contributed by atoms with Crippen molar-refractivity contribution >= 4 is 15.9 Å². The van der Waals surface area contributed by atoms with Crippen LogP contribution < -0.4 is 9.47 Å². The second-order valence-electron chi connectivity index (χ2n) is 7.62. The Kier molecular flexibility index (Phi) is 5.96. The Labute approximate surface area is 176 Å². The number of amides is 1. The van der Waals surface area contributed by atoms with E-state index in [-0.39, 0.29) is 23.6 Å². The van der Waals surface area contributed by atoms with Crippen LogP contribution in [-0.4, -0.2) is 72.5 Å². The first-order chi connectivity index (χ1) is 14.4. The molecule has 30 heavy (non-hydrogen) atoms. The summed E-state index contributed by atoms with van der Waals surface area (Å²) in [5.74, 6) is 1.19. The van der Waals surface area contributed by atoms with Gasteiger partial charge in [0.15, 0.2) is 22.6 Å². The van der Waals surface area contributed by atoms with E-state index in [1.807, 2.05) is 24.3 Å². The first-order valence-corrected chi connectivity index (χ1v) is 11.5. The monoisotopic (exact) mass is 434 g/mol. The predicted octanol–water partition coefficient (Wildman–Crippen LogP) is 1.36. The summed E-state index contributed by atoms with van der Waals surface area (Å²) in [5.41, 5.74) is 0. The zero-order valence-corrected chi connectivity index (χ0v) is 17.8. The lowest BCUT2D eigenvalue weighted by Gasteiger charge is -2.29. The quantitative estimate of drug-likeness (QED) is 0.681. The van der Waals surface area contributed by atoms with Gasteiger partial charge >= 0.3 is 0 Å². The van der Waals surface area contributed by atoms with Crippen molar-refractivity contribution in [2.75, 3.05) is 33.3 Å². The number of para-hydroxylation sites is 2. The molecule has 162 valence electrons. The van der Waals surface area contributed by atoms with E-state index in [0.717, 1.165) is 19.3 Å². The summed E-state index contributed by atoms with van der Waals surface area (Å²) in [7, 11) is -1.92. The number of imidazole rings is 1. The minimum absolute atomic E-state index is 0.00316. The lowest BCUT2D eigenvalue weighted by Crippen LogP contribution is -2.42. The van der Waals surface area contributed by atoms with Gasteiger partial charge in [0.1, 0.15) is 13.2 Å². The SMILES string of the molecule is CN(C[C@@H]1COc2ccccc2O1)C(=O)Cn1cnc(S(=O)(=O)N2CCCCC2)c1. The highest BCUT2D eigenvalue weighted by Crippen LogP contribution is 2.31. The van der Waals surface area contributed by atoms with Crippen LogP contribution >= 0.6 is 0 Å². The van der Waals surface area contributed by atoms with Gasteiger partial charge in [-0.25, -0.2) is 13.4 Å². The van der Waals surface area contributed by atoms with Crippen LogP contribution in [0.2, 0.25) is 0 Å². The predicted molar refractivity (Wildman–Crippen MR) is 109 cm³/mol. The Bertz CT molecular complexity index is 1000. The number of nitrogens with zero attached hydrogens (tertiary/aromatic N) is 4. The Balaban J connectivity index is 1.34. The van der Waals surface area contributed by atoms with Gasteiger partial charge in [-0.15, -0.1) is 0 Å². The number of fused-ring (bicyclic) bond motifs is 1. The van der Waals surface area contributed by atoms with Crippen LogP contribution in [0, 0.1) is 0 Å². The van der Waals surface area contributed by atoms with Crippen molar-refractivity contribution in [3.63, 3.8) is 0 Å². The Morgan fingerprint density at radius 2 is 1.93 bits per heavy atom. The van der Waals surface area contributed by atoms with Crippen molar-refractivity contribution in [1.82, 2.24) is 18.8 Å². The molecule has 0 saturated carbocycles. The Morgan fingerprint density at radius 1 is 1.20 bits per heavy atom. The van der Waals surface area contributed by atoms with Gasteiger partial charge in [-0.3, -0.25) is 4.79 Å². The Morgan fingerprint density at radius 3 is 2.70 bits per heavy atom. The van der Waals surface area contributed by atoms with Crippen molar-refractivity contribution < 1.29 is 22.7 Å². The van der Waals surface area contributed by atoms with Crippen molar-refractivity contribution in [1.29, 1.82) is 0 Å². The van der Waals surface area contributed by atoms with E-state index in [0.29, 0.717) is 37.7 Å². The van der Waals surface area contributed by atoms with Gasteiger partial charge in [-0.05, 0) is 25.0 Å². The van der Waals surface area contributed by atoms with Crippen molar-refractivity contribution in [2.45, 2.75) is 36.9 Å². The highest BCUT2D eigenvalue weighted by Gasteiger charge is 2.28. The fourth-order valence-corrected chi connectivity index (χ4v) is 5.09. The van der Waals surface area contributed by atoms with Gasteiger partial charge < -0.3 is 18.9 Å². The van der Waals surface area contributed by atoms with Gasteiger partial charge in [0.05, 0.1) is 12.9 Å². The zero-order chi connectivity index (χ0) is 21.1. The summed E-state index contributed by atoms with van der Waals surface area (Å²) in [5, 5.41) is -0.0135. The standard InChI is InChI=1S/C20H26N4O5S/c1-22(11-16-14-28-17-7-3-4-8-18(17)29-16)20(25)13-23-12-19(21-15-23)30(26,27)24-9-5-2-6-10-24/h3-4,7-8,12,15-16H,2,5-6,9-11,13-14H2,1H3/t16-/m1/s1. The number of hydrogen-bond acceptors (Lipinski definition) is 6. The molecular formula is C20H26N4O5S. The maximum atomic E-state index is 12.7. The molecule has 4 rings (SSSR count). The summed E-state index contributed by atoms with van der Waals surface area (Å²) in [6.45, 7) is 1.76. The first-order valence-electron chi connectivity index (χ1n) is 10.1. The molecule has 0 unspecified atom stereocenters. The maximum Gasteiger partial charge on any atom is 0.262 e. The fraction of sp³-hybridized carbons (Fsp3) is 0.500. The molecule has 0 aliphatic carbocycles. The summed E-state index contributed by atoms with van der Waals surface area (Å²) < 4.78 is 40.0. The zero-order valence-electron chi connectivity index (χ0n) is 16.9. The first kappa shape index (κ1) is 20.7. The van der Waals surface area contributed by atoms with Crippen LogP contribution in [0.15, 0.2) is 41.8 Å². The third kappa shape index (κ3) is 4.44. The summed E-state index contributed by atoms with van der Waals surface area (Å²) in [6.07, 6.45) is 5.31. The average Bonchev–Trinajstić information content (AvgIpc) is 3.23. The van der Waals surface area contributed by atoms with E-state index >= 15 is 0 Å². The lowest BCUT2D eigenvalue weighted by molar-refractivity contribution is -0.131. The normalized spacial score (nSPS) is 19.4. The highest BCUT2D eigenvalue weighted by molar-refractivity contribution is 7.89. The number of benzene rings is 1. The van der Waals surface area contributed by atoms with E-state index in [2.05, 4.69) is 4.98 Å². The fourth-order valence-electron chi connectivity index (χ4n) is 3.63. The van der Waals surface area contributed by atoms with Crippen LogP contribution in [-0.2, 0) is 21.4 Å². The van der Waals surface area contributed by atoms with Crippen LogP contribution in [0.5, 0.6) is 11.5 Å². The number of likely N-dealkylation sites (N-methyl/N-ethyl adjacent to an activating group) is 1. The van der Waals surface area contributed by atoms with E-state index < -0.39 is 10.0 Å². The molecule has 3 heterocycles. The average molecular weight is 435 g/mol. The third-order valence-corrected chi connectivity index (χ3v) is 7.10. The van der Waals surface area contributed by atoms with Gasteiger partial charge in [0, 0.05) is 26.3 Å². The molecule has 0 bridgehead atoms. The van der Waals surface area contributed by atoms with Crippen molar-refractivity contribution in [3.8, 4) is 11.5 Å². The number of hydrogen-bond donors (Lipinski definition) is 0. The molecule has 2 aliphatic rings. The number of rotatable bonds is 6.